The third kappa shape index (κ3) is 4.38. The number of anilines is 1. The van der Waals surface area contributed by atoms with Gasteiger partial charge in [0.05, 0.1) is 16.3 Å². The fourth-order valence-corrected chi connectivity index (χ4v) is 1.61. The Hall–Kier alpha value is -1.66. The molecular weight excluding hydrogens is 238 g/mol. The van der Waals surface area contributed by atoms with Crippen molar-refractivity contribution in [3.05, 3.63) is 28.8 Å². The number of hydrogen-bond acceptors (Lipinski definition) is 2. The van der Waals surface area contributed by atoms with E-state index < -0.39 is 5.97 Å². The molecule has 0 fully saturated rings. The Morgan fingerprint density at radius 1 is 1.47 bits per heavy atom. The van der Waals surface area contributed by atoms with Gasteiger partial charge in [0.15, 0.2) is 0 Å². The lowest BCUT2D eigenvalue weighted by molar-refractivity contribution is 0.0697. The number of unbranched alkanes of at least 4 members (excludes halogenated alkanes) is 2. The van der Waals surface area contributed by atoms with E-state index in [-0.39, 0.29) is 5.56 Å². The van der Waals surface area contributed by atoms with Crippen LogP contribution in [0.25, 0.3) is 0 Å². The number of terminal acetylenes is 1. The van der Waals surface area contributed by atoms with Gasteiger partial charge < -0.3 is 10.4 Å². The highest BCUT2D eigenvalue weighted by molar-refractivity contribution is 6.33. The van der Waals surface area contributed by atoms with Gasteiger partial charge in [0.1, 0.15) is 0 Å². The summed E-state index contributed by atoms with van der Waals surface area (Å²) in [6, 6.07) is 4.64. The molecule has 1 aromatic rings. The van der Waals surface area contributed by atoms with Crippen LogP contribution in [0.5, 0.6) is 0 Å². The minimum Gasteiger partial charge on any atom is -0.478 e. The van der Waals surface area contributed by atoms with Crippen molar-refractivity contribution in [1.29, 1.82) is 0 Å². The number of hydrogen-bond donors (Lipinski definition) is 2. The second kappa shape index (κ2) is 6.82. The maximum atomic E-state index is 10.7. The molecule has 1 rings (SSSR count). The van der Waals surface area contributed by atoms with Gasteiger partial charge >= 0.3 is 5.97 Å². The molecule has 0 radical (unpaired) electrons. The Bertz CT molecular complexity index is 438. The van der Waals surface area contributed by atoms with Crippen LogP contribution in [-0.4, -0.2) is 17.6 Å². The van der Waals surface area contributed by atoms with E-state index in [0.29, 0.717) is 5.02 Å². The minimum atomic E-state index is -0.979. The van der Waals surface area contributed by atoms with Gasteiger partial charge in [-0.3, -0.25) is 0 Å². The van der Waals surface area contributed by atoms with Gasteiger partial charge in [-0.15, -0.1) is 12.3 Å². The first-order valence-electron chi connectivity index (χ1n) is 5.35. The van der Waals surface area contributed by atoms with E-state index in [1.807, 2.05) is 0 Å². The second-order valence-electron chi connectivity index (χ2n) is 3.59. The van der Waals surface area contributed by atoms with E-state index >= 15 is 0 Å². The van der Waals surface area contributed by atoms with Crippen LogP contribution in [0.4, 0.5) is 5.69 Å². The molecule has 0 saturated carbocycles. The molecule has 0 aliphatic heterocycles. The predicted octanol–water partition coefficient (Wildman–Crippen LogP) is 3.25. The first-order chi connectivity index (χ1) is 8.15. The number of carboxylic acid groups (broad SMARTS) is 1. The average molecular weight is 252 g/mol. The van der Waals surface area contributed by atoms with Gasteiger partial charge in [0.2, 0.25) is 0 Å². The van der Waals surface area contributed by atoms with Crippen LogP contribution in [0.15, 0.2) is 18.2 Å². The van der Waals surface area contributed by atoms with E-state index in [9.17, 15) is 4.79 Å². The van der Waals surface area contributed by atoms with Gasteiger partial charge in [0, 0.05) is 13.0 Å². The summed E-state index contributed by atoms with van der Waals surface area (Å²) < 4.78 is 0. The number of aromatic carboxylic acids is 1. The number of benzene rings is 1. The van der Waals surface area contributed by atoms with Crippen molar-refractivity contribution in [2.24, 2.45) is 0 Å². The van der Waals surface area contributed by atoms with Crippen molar-refractivity contribution in [2.45, 2.75) is 19.3 Å². The van der Waals surface area contributed by atoms with Crippen LogP contribution < -0.4 is 5.32 Å². The largest absolute Gasteiger partial charge is 0.478 e. The summed E-state index contributed by atoms with van der Waals surface area (Å²) in [6.07, 6.45) is 7.84. The van der Waals surface area contributed by atoms with E-state index in [1.165, 1.54) is 12.1 Å². The Balaban J connectivity index is 2.50. The smallest absolute Gasteiger partial charge is 0.335 e. The first-order valence-corrected chi connectivity index (χ1v) is 5.73. The Morgan fingerprint density at radius 3 is 2.82 bits per heavy atom. The van der Waals surface area contributed by atoms with Crippen molar-refractivity contribution in [2.75, 3.05) is 11.9 Å². The third-order valence-electron chi connectivity index (χ3n) is 2.28. The molecule has 0 aliphatic carbocycles. The molecule has 0 bridgehead atoms. The van der Waals surface area contributed by atoms with E-state index in [1.54, 1.807) is 6.07 Å². The highest BCUT2D eigenvalue weighted by atomic mass is 35.5. The molecule has 0 spiro atoms. The first kappa shape index (κ1) is 13.4. The van der Waals surface area contributed by atoms with E-state index in [4.69, 9.17) is 23.1 Å². The Labute approximate surface area is 106 Å². The van der Waals surface area contributed by atoms with Crippen LogP contribution in [0.3, 0.4) is 0 Å². The van der Waals surface area contributed by atoms with Crippen LogP contribution in [0.2, 0.25) is 5.02 Å². The predicted molar refractivity (Wildman–Crippen MR) is 69.6 cm³/mol. The molecule has 0 saturated heterocycles. The highest BCUT2D eigenvalue weighted by Gasteiger charge is 2.06. The number of carbonyl (C=O) groups is 1. The number of carboxylic acids is 1. The normalized spacial score (nSPS) is 9.65. The topological polar surface area (TPSA) is 49.3 Å². The van der Waals surface area contributed by atoms with Crippen molar-refractivity contribution < 1.29 is 9.90 Å². The summed E-state index contributed by atoms with van der Waals surface area (Å²) in [6.45, 7) is 0.772. The summed E-state index contributed by atoms with van der Waals surface area (Å²) >= 11 is 5.96. The van der Waals surface area contributed by atoms with Crippen molar-refractivity contribution in [3.8, 4) is 12.3 Å². The Kier molecular flexibility index (Phi) is 5.38. The summed E-state index contributed by atoms with van der Waals surface area (Å²) in [7, 11) is 0. The fourth-order valence-electron chi connectivity index (χ4n) is 1.37. The molecule has 0 aromatic heterocycles. The van der Waals surface area contributed by atoms with Crippen molar-refractivity contribution >= 4 is 23.3 Å². The molecule has 2 N–H and O–H groups in total. The number of nitrogens with one attached hydrogen (secondary N) is 1. The van der Waals surface area contributed by atoms with Gasteiger partial charge in [-0.2, -0.15) is 0 Å². The van der Waals surface area contributed by atoms with Crippen LogP contribution >= 0.6 is 11.6 Å². The van der Waals surface area contributed by atoms with Gasteiger partial charge in [0.25, 0.3) is 0 Å². The van der Waals surface area contributed by atoms with Crippen molar-refractivity contribution in [1.82, 2.24) is 0 Å². The molecule has 0 amide bonds. The average Bonchev–Trinajstić information content (AvgIpc) is 2.30. The maximum absolute atomic E-state index is 10.7. The van der Waals surface area contributed by atoms with E-state index in [0.717, 1.165) is 31.5 Å². The van der Waals surface area contributed by atoms with Crippen LogP contribution in [0.1, 0.15) is 29.6 Å². The highest BCUT2D eigenvalue weighted by Crippen LogP contribution is 2.23. The monoisotopic (exact) mass is 251 g/mol. The fraction of sp³-hybridized carbons (Fsp3) is 0.308. The molecule has 0 heterocycles. The second-order valence-corrected chi connectivity index (χ2v) is 3.99. The zero-order chi connectivity index (χ0) is 12.7. The lowest BCUT2D eigenvalue weighted by Crippen LogP contribution is -2.03. The van der Waals surface area contributed by atoms with Gasteiger partial charge in [-0.05, 0) is 31.0 Å². The summed E-state index contributed by atoms with van der Waals surface area (Å²) in [5.74, 6) is 1.60. The molecular formula is C13H14ClNO2. The molecule has 0 unspecified atom stereocenters. The molecule has 3 nitrogen and oxygen atoms in total. The van der Waals surface area contributed by atoms with Gasteiger partial charge in [-0.1, -0.05) is 11.6 Å². The molecule has 17 heavy (non-hydrogen) atoms. The number of halogens is 1. The zero-order valence-corrected chi connectivity index (χ0v) is 10.1. The van der Waals surface area contributed by atoms with Crippen LogP contribution in [0, 0.1) is 12.3 Å². The lowest BCUT2D eigenvalue weighted by Gasteiger charge is -2.08. The minimum absolute atomic E-state index is 0.188. The third-order valence-corrected chi connectivity index (χ3v) is 2.59. The quantitative estimate of drug-likeness (QED) is 0.603. The van der Waals surface area contributed by atoms with E-state index in [2.05, 4.69) is 11.2 Å². The standard InChI is InChI=1S/C13H14ClNO2/c1-2-3-4-5-8-15-12-7-6-10(13(16)17)9-11(12)14/h1,6-7,9,15H,3-5,8H2,(H,16,17). The summed E-state index contributed by atoms with van der Waals surface area (Å²) in [5, 5.41) is 12.3. The molecule has 1 aromatic carbocycles. The molecule has 0 atom stereocenters. The maximum Gasteiger partial charge on any atom is 0.335 e. The SMILES string of the molecule is C#CCCCCNc1ccc(C(=O)O)cc1Cl. The molecule has 90 valence electrons. The van der Waals surface area contributed by atoms with Crippen molar-refractivity contribution in [3.63, 3.8) is 0 Å². The Morgan fingerprint density at radius 2 is 2.24 bits per heavy atom. The van der Waals surface area contributed by atoms with Gasteiger partial charge in [-0.25, -0.2) is 4.79 Å². The summed E-state index contributed by atoms with van der Waals surface area (Å²) in [4.78, 5) is 10.7. The lowest BCUT2D eigenvalue weighted by atomic mass is 10.2. The summed E-state index contributed by atoms with van der Waals surface area (Å²) in [5.41, 5.74) is 0.935. The zero-order valence-electron chi connectivity index (χ0n) is 9.37. The molecule has 4 heteroatoms. The number of rotatable bonds is 6. The molecule has 0 aliphatic rings. The van der Waals surface area contributed by atoms with Crippen LogP contribution in [-0.2, 0) is 0 Å².